The summed E-state index contributed by atoms with van der Waals surface area (Å²) < 4.78 is 55.3. The number of amides is 1. The number of carbonyl (C=O) groups excluding carboxylic acids is 1. The Kier molecular flexibility index (Phi) is 6.99. The third kappa shape index (κ3) is 6.03. The van der Waals surface area contributed by atoms with Crippen molar-refractivity contribution in [1.29, 1.82) is 0 Å². The van der Waals surface area contributed by atoms with Gasteiger partial charge in [-0.2, -0.15) is 13.5 Å². The Hall–Kier alpha value is -1.94. The van der Waals surface area contributed by atoms with E-state index in [0.29, 0.717) is 0 Å². The van der Waals surface area contributed by atoms with Gasteiger partial charge in [-0.15, -0.1) is 0 Å². The van der Waals surface area contributed by atoms with Crippen LogP contribution in [0.25, 0.3) is 0 Å². The minimum absolute atomic E-state index is 0.0581. The van der Waals surface area contributed by atoms with E-state index < -0.39 is 28.6 Å². The number of benzene rings is 2. The molecule has 0 bridgehead atoms. The van der Waals surface area contributed by atoms with E-state index in [0.717, 1.165) is 0 Å². The first-order valence-corrected chi connectivity index (χ1v) is 9.65. The van der Waals surface area contributed by atoms with E-state index in [1.807, 2.05) is 0 Å². The van der Waals surface area contributed by atoms with Gasteiger partial charge < -0.3 is 10.1 Å². The number of rotatable bonds is 7. The lowest BCUT2D eigenvalue weighted by Gasteiger charge is -2.15. The first kappa shape index (κ1) is 21.4. The van der Waals surface area contributed by atoms with Crippen LogP contribution in [0.3, 0.4) is 0 Å². The normalized spacial score (nSPS) is 12.7. The maximum absolute atomic E-state index is 12.3. The molecule has 0 radical (unpaired) electrons. The second-order valence-electron chi connectivity index (χ2n) is 5.31. The fourth-order valence-electron chi connectivity index (χ4n) is 1.97. The van der Waals surface area contributed by atoms with Crippen molar-refractivity contribution in [2.24, 2.45) is 0 Å². The topological polar surface area (TPSA) is 84.5 Å². The number of alkyl halides is 2. The predicted molar refractivity (Wildman–Crippen MR) is 97.9 cm³/mol. The van der Waals surface area contributed by atoms with Crippen LogP contribution in [0.1, 0.15) is 6.92 Å². The van der Waals surface area contributed by atoms with Crippen LogP contribution in [0.15, 0.2) is 47.4 Å². The molecule has 0 spiro atoms. The zero-order valence-electron chi connectivity index (χ0n) is 13.7. The number of ether oxygens (including phenoxy) is 1. The lowest BCUT2D eigenvalue weighted by atomic mass is 10.2. The van der Waals surface area contributed by atoms with Gasteiger partial charge in [0.05, 0.1) is 21.0 Å². The molecule has 11 heteroatoms. The van der Waals surface area contributed by atoms with Crippen LogP contribution in [0.2, 0.25) is 10.0 Å². The number of carbonyl (C=O) groups is 1. The average molecular weight is 439 g/mol. The van der Waals surface area contributed by atoms with Crippen molar-refractivity contribution in [3.8, 4) is 5.75 Å². The Balaban J connectivity index is 2.03. The number of halogens is 4. The Bertz CT molecular complexity index is 925. The second-order valence-corrected chi connectivity index (χ2v) is 7.84. The van der Waals surface area contributed by atoms with Crippen molar-refractivity contribution >= 4 is 44.8 Å². The number of hydrogen-bond acceptors (Lipinski definition) is 4. The molecule has 6 nitrogen and oxygen atoms in total. The van der Waals surface area contributed by atoms with E-state index in [2.05, 4.69) is 14.8 Å². The molecule has 0 unspecified atom stereocenters. The van der Waals surface area contributed by atoms with Gasteiger partial charge in [0.25, 0.3) is 0 Å². The van der Waals surface area contributed by atoms with Gasteiger partial charge in [0.2, 0.25) is 15.9 Å². The van der Waals surface area contributed by atoms with Gasteiger partial charge in [0, 0.05) is 5.69 Å². The maximum Gasteiger partial charge on any atom is 0.387 e. The fourth-order valence-corrected chi connectivity index (χ4v) is 3.56. The highest BCUT2D eigenvalue weighted by atomic mass is 35.5. The van der Waals surface area contributed by atoms with Gasteiger partial charge in [-0.3, -0.25) is 4.79 Å². The molecule has 2 aromatic carbocycles. The number of hydrogen-bond donors (Lipinski definition) is 2. The lowest BCUT2D eigenvalue weighted by molar-refractivity contribution is -0.117. The molecule has 0 saturated heterocycles. The van der Waals surface area contributed by atoms with E-state index in [1.54, 1.807) is 0 Å². The molecule has 2 N–H and O–H groups in total. The van der Waals surface area contributed by atoms with Crippen molar-refractivity contribution in [1.82, 2.24) is 4.72 Å². The van der Waals surface area contributed by atoms with Gasteiger partial charge in [-0.05, 0) is 49.4 Å². The molecule has 1 amide bonds. The highest BCUT2D eigenvalue weighted by molar-refractivity contribution is 7.89. The van der Waals surface area contributed by atoms with E-state index in [1.165, 1.54) is 49.4 Å². The highest BCUT2D eigenvalue weighted by Gasteiger charge is 2.23. The van der Waals surface area contributed by atoms with Crippen LogP contribution < -0.4 is 14.8 Å². The highest BCUT2D eigenvalue weighted by Crippen LogP contribution is 2.25. The summed E-state index contributed by atoms with van der Waals surface area (Å²) in [7, 11) is -4.01. The van der Waals surface area contributed by atoms with E-state index in [4.69, 9.17) is 23.2 Å². The summed E-state index contributed by atoms with van der Waals surface area (Å²) in [5.41, 5.74) is 0.280. The Morgan fingerprint density at radius 1 is 1.07 bits per heavy atom. The third-order valence-corrected chi connectivity index (χ3v) is 5.55. The fraction of sp³-hybridized carbons (Fsp3) is 0.188. The number of nitrogens with one attached hydrogen (secondary N) is 2. The first-order chi connectivity index (χ1) is 12.6. The van der Waals surface area contributed by atoms with Crippen LogP contribution in [-0.4, -0.2) is 27.0 Å². The van der Waals surface area contributed by atoms with Crippen molar-refractivity contribution in [2.45, 2.75) is 24.5 Å². The summed E-state index contributed by atoms with van der Waals surface area (Å²) in [5, 5.41) is 2.71. The molecule has 0 aliphatic heterocycles. The van der Waals surface area contributed by atoms with E-state index in [9.17, 15) is 22.0 Å². The Morgan fingerprint density at radius 2 is 1.70 bits per heavy atom. The molecule has 0 aliphatic carbocycles. The molecule has 0 saturated carbocycles. The molecule has 2 rings (SSSR count). The third-order valence-electron chi connectivity index (χ3n) is 3.27. The molecule has 0 aliphatic rings. The van der Waals surface area contributed by atoms with Crippen molar-refractivity contribution in [2.75, 3.05) is 5.32 Å². The summed E-state index contributed by atoms with van der Waals surface area (Å²) in [6.45, 7) is -1.61. The van der Waals surface area contributed by atoms with Crippen LogP contribution in [0.5, 0.6) is 5.75 Å². The van der Waals surface area contributed by atoms with Gasteiger partial charge >= 0.3 is 6.61 Å². The molecular formula is C16H14Cl2F2N2O4S. The molecule has 2 aromatic rings. The Morgan fingerprint density at radius 3 is 2.26 bits per heavy atom. The van der Waals surface area contributed by atoms with Gasteiger partial charge in [-0.25, -0.2) is 8.42 Å². The quantitative estimate of drug-likeness (QED) is 0.686. The number of sulfonamides is 1. The Labute approximate surface area is 164 Å². The summed E-state index contributed by atoms with van der Waals surface area (Å²) in [5.74, 6) is -0.725. The lowest BCUT2D eigenvalue weighted by Crippen LogP contribution is -2.41. The smallest absolute Gasteiger partial charge is 0.387 e. The van der Waals surface area contributed by atoms with Crippen molar-refractivity contribution in [3.63, 3.8) is 0 Å². The molecule has 1 atom stereocenters. The summed E-state index contributed by atoms with van der Waals surface area (Å²) in [6.07, 6.45) is 0. The maximum atomic E-state index is 12.3. The monoisotopic (exact) mass is 438 g/mol. The number of anilines is 1. The predicted octanol–water partition coefficient (Wildman–Crippen LogP) is 3.90. The van der Waals surface area contributed by atoms with E-state index in [-0.39, 0.29) is 26.4 Å². The van der Waals surface area contributed by atoms with Crippen molar-refractivity contribution in [3.05, 3.63) is 52.5 Å². The largest absolute Gasteiger partial charge is 0.435 e. The molecule has 0 aromatic heterocycles. The van der Waals surface area contributed by atoms with Crippen LogP contribution in [0, 0.1) is 0 Å². The minimum Gasteiger partial charge on any atom is -0.435 e. The molecule has 146 valence electrons. The molecule has 0 heterocycles. The van der Waals surface area contributed by atoms with Crippen LogP contribution in [0.4, 0.5) is 14.5 Å². The van der Waals surface area contributed by atoms with Crippen LogP contribution in [-0.2, 0) is 14.8 Å². The first-order valence-electron chi connectivity index (χ1n) is 7.41. The summed E-state index contributed by atoms with van der Waals surface area (Å²) in [4.78, 5) is 12.0. The summed E-state index contributed by atoms with van der Waals surface area (Å²) >= 11 is 11.6. The van der Waals surface area contributed by atoms with E-state index >= 15 is 0 Å². The molecular weight excluding hydrogens is 425 g/mol. The second kappa shape index (κ2) is 8.83. The molecule has 27 heavy (non-hydrogen) atoms. The van der Waals surface area contributed by atoms with Crippen molar-refractivity contribution < 1.29 is 26.7 Å². The average Bonchev–Trinajstić information content (AvgIpc) is 2.58. The van der Waals surface area contributed by atoms with Crippen LogP contribution >= 0.6 is 23.2 Å². The zero-order chi connectivity index (χ0) is 20.2. The molecule has 0 fully saturated rings. The van der Waals surface area contributed by atoms with Gasteiger partial charge in [-0.1, -0.05) is 23.2 Å². The summed E-state index contributed by atoms with van der Waals surface area (Å²) in [6, 6.07) is 7.79. The standard InChI is InChI=1S/C16H14Cl2F2N2O4S/c1-9(22-27(24,25)12-6-7-13(17)14(18)8-12)15(23)21-10-2-4-11(5-3-10)26-16(19)20/h2-9,16,22H,1H3,(H,21,23)/t9-/m0/s1. The zero-order valence-corrected chi connectivity index (χ0v) is 16.1. The van der Waals surface area contributed by atoms with Gasteiger partial charge in [0.1, 0.15) is 5.75 Å². The minimum atomic E-state index is -4.01. The SMILES string of the molecule is C[C@H](NS(=O)(=O)c1ccc(Cl)c(Cl)c1)C(=O)Nc1ccc(OC(F)F)cc1. The van der Waals surface area contributed by atoms with Gasteiger partial charge in [0.15, 0.2) is 0 Å².